The van der Waals surface area contributed by atoms with Crippen LogP contribution >= 0.6 is 34.7 Å². The molecule has 3 heterocycles. The lowest BCUT2D eigenvalue weighted by Crippen LogP contribution is -2.71. The summed E-state index contributed by atoms with van der Waals surface area (Å²) in [6.07, 6.45) is 1.40. The topological polar surface area (TPSA) is 158 Å². The number of aliphatic carboxylic acids is 2. The molecule has 3 N–H and O–H groups in total. The van der Waals surface area contributed by atoms with Crippen LogP contribution in [-0.4, -0.2) is 73.3 Å². The normalized spacial score (nSPS) is 21.3. The van der Waals surface area contributed by atoms with E-state index in [1.807, 2.05) is 0 Å². The lowest BCUT2D eigenvalue weighted by Gasteiger charge is -2.49. The third-order valence-electron chi connectivity index (χ3n) is 3.99. The Bertz CT molecular complexity index is 976. The highest BCUT2D eigenvalue weighted by Crippen LogP contribution is 2.40. The predicted molar refractivity (Wildman–Crippen MR) is 107 cm³/mol. The standard InChI is InChI=1S/C16H13ClN4O7S2/c17-2-1-7-4-30-15-11(14(25)21(15)12(7)16(26)27)19-13(24)10(8-5-29-6-18-8)20-28-3-9(22)23/h1-2,5-6,11,15H,3-4H2,(H,19,24)(H,22,23)(H,26,27)/b2-1+,20-10?/t11?,15-/m0/s1. The zero-order chi connectivity index (χ0) is 21.8. The van der Waals surface area contributed by atoms with Gasteiger partial charge in [0, 0.05) is 16.7 Å². The van der Waals surface area contributed by atoms with Crippen LogP contribution in [0.2, 0.25) is 0 Å². The maximum absolute atomic E-state index is 12.7. The summed E-state index contributed by atoms with van der Waals surface area (Å²) < 4.78 is 0. The number of hydrogen-bond donors (Lipinski definition) is 3. The average molecular weight is 473 g/mol. The Hall–Kier alpha value is -2.90. The fourth-order valence-electron chi connectivity index (χ4n) is 2.74. The molecule has 0 aromatic carbocycles. The van der Waals surface area contributed by atoms with Gasteiger partial charge in [-0.2, -0.15) is 0 Å². The number of halogens is 1. The molecular weight excluding hydrogens is 460 g/mol. The van der Waals surface area contributed by atoms with E-state index in [4.69, 9.17) is 16.7 Å². The number of rotatable bonds is 8. The van der Waals surface area contributed by atoms with Crippen molar-refractivity contribution >= 4 is 64.2 Å². The van der Waals surface area contributed by atoms with Crippen molar-refractivity contribution in [2.75, 3.05) is 12.4 Å². The van der Waals surface area contributed by atoms with Crippen LogP contribution in [0.5, 0.6) is 0 Å². The molecular formula is C16H13ClN4O7S2. The Labute approximate surface area is 182 Å². The molecule has 2 aliphatic rings. The number of carboxylic acids is 2. The smallest absolute Gasteiger partial charge is 0.352 e. The van der Waals surface area contributed by atoms with E-state index in [1.54, 1.807) is 0 Å². The van der Waals surface area contributed by atoms with Crippen LogP contribution in [-0.2, 0) is 24.0 Å². The van der Waals surface area contributed by atoms with E-state index >= 15 is 0 Å². The summed E-state index contributed by atoms with van der Waals surface area (Å²) in [6, 6.07) is -0.998. The van der Waals surface area contributed by atoms with Crippen molar-refractivity contribution in [3.63, 3.8) is 0 Å². The molecule has 0 bridgehead atoms. The van der Waals surface area contributed by atoms with E-state index in [0.717, 1.165) is 10.4 Å². The fourth-order valence-corrected chi connectivity index (χ4v) is 4.75. The van der Waals surface area contributed by atoms with Crippen molar-refractivity contribution in [2.24, 2.45) is 5.16 Å². The molecule has 2 aliphatic heterocycles. The number of hydrogen-bond acceptors (Lipinski definition) is 9. The van der Waals surface area contributed by atoms with Crippen molar-refractivity contribution in [1.29, 1.82) is 0 Å². The summed E-state index contributed by atoms with van der Waals surface area (Å²) in [5.74, 6) is -3.70. The van der Waals surface area contributed by atoms with Crippen molar-refractivity contribution in [3.8, 4) is 0 Å². The van der Waals surface area contributed by atoms with Crippen molar-refractivity contribution in [1.82, 2.24) is 15.2 Å². The Balaban J connectivity index is 1.78. The number of thiazole rings is 1. The van der Waals surface area contributed by atoms with Crippen LogP contribution in [0.4, 0.5) is 0 Å². The van der Waals surface area contributed by atoms with Gasteiger partial charge in [-0.3, -0.25) is 14.5 Å². The van der Waals surface area contributed by atoms with Gasteiger partial charge in [-0.05, 0) is 11.6 Å². The largest absolute Gasteiger partial charge is 0.479 e. The molecule has 1 aromatic heterocycles. The molecule has 1 fully saturated rings. The van der Waals surface area contributed by atoms with Gasteiger partial charge in [0.25, 0.3) is 11.8 Å². The highest BCUT2D eigenvalue weighted by molar-refractivity contribution is 8.00. The molecule has 30 heavy (non-hydrogen) atoms. The van der Waals surface area contributed by atoms with Gasteiger partial charge in [0.05, 0.1) is 5.51 Å². The third-order valence-corrected chi connectivity index (χ3v) is 6.00. The quantitative estimate of drug-likeness (QED) is 0.277. The van der Waals surface area contributed by atoms with E-state index in [2.05, 4.69) is 20.3 Å². The van der Waals surface area contributed by atoms with Gasteiger partial charge in [-0.25, -0.2) is 14.6 Å². The van der Waals surface area contributed by atoms with Gasteiger partial charge < -0.3 is 20.4 Å². The maximum atomic E-state index is 12.7. The van der Waals surface area contributed by atoms with Crippen LogP contribution in [0, 0.1) is 0 Å². The summed E-state index contributed by atoms with van der Waals surface area (Å²) in [5, 5.41) is 25.0. The van der Waals surface area contributed by atoms with E-state index in [0.29, 0.717) is 5.57 Å². The van der Waals surface area contributed by atoms with Crippen LogP contribution in [0.1, 0.15) is 5.69 Å². The van der Waals surface area contributed by atoms with Crippen molar-refractivity contribution < 1.29 is 34.2 Å². The SMILES string of the molecule is O=C(O)CON=C(C(=O)NC1C(=O)N2C(C(=O)O)=C(/C=C/Cl)CS[C@@H]12)c1cscn1. The second-order valence-corrected chi connectivity index (χ2v) is 7.89. The molecule has 3 rings (SSSR count). The number of nitrogens with zero attached hydrogens (tertiary/aromatic N) is 3. The fraction of sp³-hybridized carbons (Fsp3) is 0.250. The zero-order valence-corrected chi connectivity index (χ0v) is 17.2. The van der Waals surface area contributed by atoms with Gasteiger partial charge in [0.2, 0.25) is 6.61 Å². The molecule has 0 radical (unpaired) electrons. The van der Waals surface area contributed by atoms with E-state index in [1.165, 1.54) is 40.1 Å². The molecule has 14 heteroatoms. The third kappa shape index (κ3) is 4.32. The number of nitrogens with one attached hydrogen (secondary N) is 1. The predicted octanol–water partition coefficient (Wildman–Crippen LogP) is 0.440. The number of aromatic nitrogens is 1. The summed E-state index contributed by atoms with van der Waals surface area (Å²) in [7, 11) is 0. The van der Waals surface area contributed by atoms with E-state index < -0.39 is 41.8 Å². The Morgan fingerprint density at radius 2 is 2.20 bits per heavy atom. The molecule has 1 saturated heterocycles. The molecule has 0 aliphatic carbocycles. The van der Waals surface area contributed by atoms with Crippen LogP contribution in [0.3, 0.4) is 0 Å². The minimum absolute atomic E-state index is 0.142. The molecule has 158 valence electrons. The number of carbonyl (C=O) groups excluding carboxylic acids is 2. The number of carbonyl (C=O) groups is 4. The Kier molecular flexibility index (Phi) is 6.74. The number of amides is 2. The molecule has 0 spiro atoms. The molecule has 2 amide bonds. The van der Waals surface area contributed by atoms with E-state index in [9.17, 15) is 24.3 Å². The number of thioether (sulfide) groups is 1. The second kappa shape index (κ2) is 9.28. The molecule has 1 unspecified atom stereocenters. The zero-order valence-electron chi connectivity index (χ0n) is 14.9. The first-order valence-corrected chi connectivity index (χ1v) is 10.6. The minimum atomic E-state index is -1.28. The monoisotopic (exact) mass is 472 g/mol. The van der Waals surface area contributed by atoms with Crippen LogP contribution in [0.25, 0.3) is 0 Å². The van der Waals surface area contributed by atoms with E-state index in [-0.39, 0.29) is 22.9 Å². The number of fused-ring (bicyclic) bond motifs is 1. The lowest BCUT2D eigenvalue weighted by molar-refractivity contribution is -0.150. The molecule has 11 nitrogen and oxygen atoms in total. The average Bonchev–Trinajstić information content (AvgIpc) is 3.23. The summed E-state index contributed by atoms with van der Waals surface area (Å²) in [4.78, 5) is 57.2. The first kappa shape index (κ1) is 21.8. The summed E-state index contributed by atoms with van der Waals surface area (Å²) >= 11 is 7.98. The molecule has 2 atom stereocenters. The summed E-state index contributed by atoms with van der Waals surface area (Å²) in [6.45, 7) is -0.765. The number of β-lactam (4-membered cyclic amide) rings is 1. The maximum Gasteiger partial charge on any atom is 0.352 e. The highest BCUT2D eigenvalue weighted by Gasteiger charge is 2.54. The van der Waals surface area contributed by atoms with Gasteiger partial charge >= 0.3 is 11.9 Å². The second-order valence-electron chi connectivity index (χ2n) is 5.81. The first-order valence-electron chi connectivity index (χ1n) is 8.14. The highest BCUT2D eigenvalue weighted by atomic mass is 35.5. The van der Waals surface area contributed by atoms with Crippen LogP contribution in [0.15, 0.2) is 38.9 Å². The molecule has 0 saturated carbocycles. The van der Waals surface area contributed by atoms with Crippen molar-refractivity contribution in [2.45, 2.75) is 11.4 Å². The number of oxime groups is 1. The lowest BCUT2D eigenvalue weighted by atomic mass is 10.0. The summed E-state index contributed by atoms with van der Waals surface area (Å²) in [5.41, 5.74) is 2.63. The Morgan fingerprint density at radius 3 is 2.80 bits per heavy atom. The minimum Gasteiger partial charge on any atom is -0.479 e. The van der Waals surface area contributed by atoms with Gasteiger partial charge in [-0.15, -0.1) is 23.1 Å². The van der Waals surface area contributed by atoms with Gasteiger partial charge in [0.1, 0.15) is 22.8 Å². The van der Waals surface area contributed by atoms with Crippen LogP contribution < -0.4 is 5.32 Å². The van der Waals surface area contributed by atoms with Crippen molar-refractivity contribution in [3.05, 3.63) is 39.5 Å². The first-order chi connectivity index (χ1) is 14.3. The van der Waals surface area contributed by atoms with Gasteiger partial charge in [0.15, 0.2) is 5.71 Å². The Morgan fingerprint density at radius 1 is 1.43 bits per heavy atom. The number of carboxylic acid groups (broad SMARTS) is 2. The number of allylic oxidation sites excluding steroid dienone is 1. The molecule has 1 aromatic rings. The van der Waals surface area contributed by atoms with Gasteiger partial charge in [-0.1, -0.05) is 16.8 Å².